The lowest BCUT2D eigenvalue weighted by molar-refractivity contribution is -0.133. The molecule has 2 amide bonds. The van der Waals surface area contributed by atoms with E-state index in [4.69, 9.17) is 0 Å². The first-order valence-corrected chi connectivity index (χ1v) is 10.7. The zero-order valence-corrected chi connectivity index (χ0v) is 17.8. The summed E-state index contributed by atoms with van der Waals surface area (Å²) in [6.45, 7) is 3.67. The highest BCUT2D eigenvalue weighted by atomic mass is 19.1. The average molecular weight is 429 g/mol. The monoisotopic (exact) mass is 428 g/mol. The lowest BCUT2D eigenvalue weighted by Gasteiger charge is -2.29. The van der Waals surface area contributed by atoms with Crippen LogP contribution in [0.2, 0.25) is 0 Å². The maximum atomic E-state index is 14.4. The Morgan fingerprint density at radius 3 is 2.38 bits per heavy atom. The lowest BCUT2D eigenvalue weighted by Crippen LogP contribution is -2.41. The van der Waals surface area contributed by atoms with Crippen LogP contribution in [0.4, 0.5) is 10.1 Å². The van der Waals surface area contributed by atoms with Crippen LogP contribution < -0.4 is 5.32 Å². The molecule has 0 atom stereocenters. The van der Waals surface area contributed by atoms with Gasteiger partial charge in [0.15, 0.2) is 0 Å². The van der Waals surface area contributed by atoms with Crippen molar-refractivity contribution in [2.24, 2.45) is 0 Å². The van der Waals surface area contributed by atoms with Gasteiger partial charge in [0, 0.05) is 23.8 Å². The first-order chi connectivity index (χ1) is 15.5. The predicted octanol–water partition coefficient (Wildman–Crippen LogP) is 4.69. The van der Waals surface area contributed by atoms with Crippen LogP contribution in [0, 0.1) is 5.82 Å². The number of nitrogens with one attached hydrogen (secondary N) is 1. The average Bonchev–Trinajstić information content (AvgIpc) is 3.22. The molecule has 0 unspecified atom stereocenters. The van der Waals surface area contributed by atoms with Crippen molar-refractivity contribution in [3.05, 3.63) is 114 Å². The van der Waals surface area contributed by atoms with Gasteiger partial charge in [0.25, 0.3) is 0 Å². The standard InChI is InChI=1S/C27H25FN2O2/c1-2-26(31)29-23-12-7-8-19(14-23)15-27(32)30(18-22-11-5-6-13-25(22)28)24-16-20-9-3-4-10-21(20)17-24/h2-14,24H,1,15-18H2,(H,29,31). The molecule has 1 aliphatic rings. The zero-order valence-electron chi connectivity index (χ0n) is 17.8. The zero-order chi connectivity index (χ0) is 22.5. The van der Waals surface area contributed by atoms with Crippen LogP contribution in [0.25, 0.3) is 0 Å². The summed E-state index contributed by atoms with van der Waals surface area (Å²) in [6, 6.07) is 22.0. The highest BCUT2D eigenvalue weighted by Crippen LogP contribution is 2.28. The third kappa shape index (κ3) is 4.94. The minimum absolute atomic E-state index is 0.0249. The van der Waals surface area contributed by atoms with Crippen LogP contribution in [0.15, 0.2) is 85.5 Å². The molecule has 4 nitrogen and oxygen atoms in total. The summed E-state index contributed by atoms with van der Waals surface area (Å²) in [4.78, 5) is 26.9. The number of carbonyl (C=O) groups is 2. The Morgan fingerprint density at radius 1 is 1.00 bits per heavy atom. The summed E-state index contributed by atoms with van der Waals surface area (Å²) in [5.74, 6) is -0.688. The van der Waals surface area contributed by atoms with E-state index in [9.17, 15) is 14.0 Å². The highest BCUT2D eigenvalue weighted by Gasteiger charge is 2.30. The van der Waals surface area contributed by atoms with Crippen LogP contribution in [-0.4, -0.2) is 22.8 Å². The third-order valence-corrected chi connectivity index (χ3v) is 5.82. The van der Waals surface area contributed by atoms with Gasteiger partial charge in [-0.05, 0) is 53.8 Å². The minimum Gasteiger partial charge on any atom is -0.334 e. The van der Waals surface area contributed by atoms with E-state index >= 15 is 0 Å². The van der Waals surface area contributed by atoms with Crippen molar-refractivity contribution in [2.75, 3.05) is 5.32 Å². The molecule has 0 saturated carbocycles. The normalized spacial score (nSPS) is 12.8. The molecule has 0 bridgehead atoms. The number of nitrogens with zero attached hydrogens (tertiary/aromatic N) is 1. The van der Waals surface area contributed by atoms with E-state index in [2.05, 4.69) is 24.0 Å². The number of carbonyl (C=O) groups excluding carboxylic acids is 2. The van der Waals surface area contributed by atoms with Gasteiger partial charge >= 0.3 is 0 Å². The van der Waals surface area contributed by atoms with Crippen molar-refractivity contribution in [1.82, 2.24) is 4.90 Å². The van der Waals surface area contributed by atoms with Crippen LogP contribution >= 0.6 is 0 Å². The molecule has 4 rings (SSSR count). The first kappa shape index (κ1) is 21.5. The van der Waals surface area contributed by atoms with E-state index in [1.807, 2.05) is 18.2 Å². The molecule has 32 heavy (non-hydrogen) atoms. The van der Waals surface area contributed by atoms with Crippen molar-refractivity contribution < 1.29 is 14.0 Å². The van der Waals surface area contributed by atoms with Gasteiger partial charge < -0.3 is 10.2 Å². The maximum Gasteiger partial charge on any atom is 0.247 e. The van der Waals surface area contributed by atoms with E-state index in [1.54, 1.807) is 41.3 Å². The van der Waals surface area contributed by atoms with Crippen LogP contribution in [0.3, 0.4) is 0 Å². The summed E-state index contributed by atoms with van der Waals surface area (Å²) < 4.78 is 14.4. The van der Waals surface area contributed by atoms with Crippen molar-refractivity contribution in [3.63, 3.8) is 0 Å². The fraction of sp³-hybridized carbons (Fsp3) is 0.185. The van der Waals surface area contributed by atoms with Gasteiger partial charge in [-0.15, -0.1) is 0 Å². The van der Waals surface area contributed by atoms with Crippen LogP contribution in [0.5, 0.6) is 0 Å². The molecule has 0 heterocycles. The molecule has 3 aromatic carbocycles. The van der Waals surface area contributed by atoms with Crippen molar-refractivity contribution >= 4 is 17.5 Å². The Hall–Kier alpha value is -3.73. The van der Waals surface area contributed by atoms with Crippen molar-refractivity contribution in [3.8, 4) is 0 Å². The second-order valence-electron chi connectivity index (χ2n) is 8.01. The number of halogens is 1. The molecule has 0 fully saturated rings. The van der Waals surface area contributed by atoms with Gasteiger partial charge in [-0.3, -0.25) is 9.59 Å². The minimum atomic E-state index is -0.310. The number of rotatable bonds is 7. The van der Waals surface area contributed by atoms with E-state index in [0.717, 1.165) is 18.4 Å². The number of fused-ring (bicyclic) bond motifs is 1. The molecule has 162 valence electrons. The molecule has 0 saturated heterocycles. The molecule has 5 heteroatoms. The largest absolute Gasteiger partial charge is 0.334 e. The van der Waals surface area contributed by atoms with Gasteiger partial charge in [-0.25, -0.2) is 4.39 Å². The first-order valence-electron chi connectivity index (χ1n) is 10.7. The van der Waals surface area contributed by atoms with Crippen LogP contribution in [0.1, 0.15) is 22.3 Å². The summed E-state index contributed by atoms with van der Waals surface area (Å²) in [5.41, 5.74) is 4.36. The maximum absolute atomic E-state index is 14.4. The van der Waals surface area contributed by atoms with Gasteiger partial charge in [0.1, 0.15) is 5.82 Å². The highest BCUT2D eigenvalue weighted by molar-refractivity contribution is 5.99. The number of anilines is 1. The second-order valence-corrected chi connectivity index (χ2v) is 8.01. The fourth-order valence-electron chi connectivity index (χ4n) is 4.22. The Bertz CT molecular complexity index is 1130. The molecule has 0 aliphatic heterocycles. The van der Waals surface area contributed by atoms with Gasteiger partial charge in [0.05, 0.1) is 6.42 Å². The summed E-state index contributed by atoms with van der Waals surface area (Å²) in [6.07, 6.45) is 2.88. The molecule has 0 radical (unpaired) electrons. The van der Waals surface area contributed by atoms with E-state index < -0.39 is 0 Å². The predicted molar refractivity (Wildman–Crippen MR) is 124 cm³/mol. The number of amides is 2. The Balaban J connectivity index is 1.56. The Labute approximate surface area is 187 Å². The van der Waals surface area contributed by atoms with Crippen molar-refractivity contribution in [1.29, 1.82) is 0 Å². The summed E-state index contributed by atoms with van der Waals surface area (Å²) >= 11 is 0. The Morgan fingerprint density at radius 2 is 1.69 bits per heavy atom. The summed E-state index contributed by atoms with van der Waals surface area (Å²) in [7, 11) is 0. The van der Waals surface area contributed by atoms with Gasteiger partial charge in [-0.2, -0.15) is 0 Å². The fourth-order valence-corrected chi connectivity index (χ4v) is 4.22. The third-order valence-electron chi connectivity index (χ3n) is 5.82. The molecular weight excluding hydrogens is 403 g/mol. The van der Waals surface area contributed by atoms with E-state index in [1.165, 1.54) is 23.3 Å². The quantitative estimate of drug-likeness (QED) is 0.555. The molecular formula is C27H25FN2O2. The molecule has 0 aromatic heterocycles. The number of hydrogen-bond donors (Lipinski definition) is 1. The van der Waals surface area contributed by atoms with E-state index in [0.29, 0.717) is 11.3 Å². The second kappa shape index (κ2) is 9.60. The topological polar surface area (TPSA) is 49.4 Å². The molecule has 1 N–H and O–H groups in total. The molecule has 0 spiro atoms. The number of hydrogen-bond acceptors (Lipinski definition) is 2. The van der Waals surface area contributed by atoms with E-state index in [-0.39, 0.29) is 36.6 Å². The summed E-state index contributed by atoms with van der Waals surface area (Å²) in [5, 5.41) is 2.72. The smallest absolute Gasteiger partial charge is 0.247 e. The number of benzene rings is 3. The Kier molecular flexibility index (Phi) is 6.45. The lowest BCUT2D eigenvalue weighted by atomic mass is 10.1. The van der Waals surface area contributed by atoms with Gasteiger partial charge in [0.2, 0.25) is 11.8 Å². The van der Waals surface area contributed by atoms with Gasteiger partial charge in [-0.1, -0.05) is 61.2 Å². The van der Waals surface area contributed by atoms with Crippen LogP contribution in [-0.2, 0) is 35.4 Å². The van der Waals surface area contributed by atoms with Crippen molar-refractivity contribution in [2.45, 2.75) is 31.8 Å². The SMILES string of the molecule is C=CC(=O)Nc1cccc(CC(=O)N(Cc2ccccc2F)C2Cc3ccccc3C2)c1. The molecule has 1 aliphatic carbocycles. The molecule has 3 aromatic rings.